The summed E-state index contributed by atoms with van der Waals surface area (Å²) in [6.45, 7) is 0.109. The Balaban J connectivity index is 2.24. The van der Waals surface area contributed by atoms with Gasteiger partial charge in [-0.25, -0.2) is 4.39 Å². The molecule has 0 bridgehead atoms. The summed E-state index contributed by atoms with van der Waals surface area (Å²) in [5.74, 6) is -0.920. The standard InChI is InChI=1S/C13H15ClFNO4/c1-19-13(18)3-2-6-16-12(17)8-20-11-5-4-9(15)7-10(11)14/h4-5,7H,2-3,6,8H2,1H3,(H,16,17). The second-order valence-corrected chi connectivity index (χ2v) is 4.30. The average molecular weight is 304 g/mol. The Morgan fingerprint density at radius 1 is 1.40 bits per heavy atom. The number of rotatable bonds is 7. The van der Waals surface area contributed by atoms with Crippen molar-refractivity contribution in [2.45, 2.75) is 12.8 Å². The van der Waals surface area contributed by atoms with Gasteiger partial charge in [0.1, 0.15) is 11.6 Å². The van der Waals surface area contributed by atoms with Crippen LogP contribution in [0.5, 0.6) is 5.75 Å². The lowest BCUT2D eigenvalue weighted by atomic mass is 10.3. The fourth-order valence-electron chi connectivity index (χ4n) is 1.35. The Bertz CT molecular complexity index is 481. The molecule has 1 amide bonds. The largest absolute Gasteiger partial charge is 0.482 e. The summed E-state index contributed by atoms with van der Waals surface area (Å²) in [7, 11) is 1.31. The molecule has 1 aromatic rings. The van der Waals surface area contributed by atoms with Crippen molar-refractivity contribution in [3.05, 3.63) is 29.0 Å². The van der Waals surface area contributed by atoms with E-state index in [0.29, 0.717) is 13.0 Å². The molecule has 0 aliphatic carbocycles. The first-order valence-corrected chi connectivity index (χ1v) is 6.32. The molecule has 110 valence electrons. The smallest absolute Gasteiger partial charge is 0.305 e. The maximum absolute atomic E-state index is 12.8. The fourth-order valence-corrected chi connectivity index (χ4v) is 1.57. The number of esters is 1. The highest BCUT2D eigenvalue weighted by Gasteiger charge is 2.07. The molecule has 1 aromatic carbocycles. The van der Waals surface area contributed by atoms with Crippen LogP contribution in [0.4, 0.5) is 4.39 Å². The zero-order valence-corrected chi connectivity index (χ0v) is 11.7. The molecule has 0 aromatic heterocycles. The van der Waals surface area contributed by atoms with Crippen molar-refractivity contribution in [3.8, 4) is 5.75 Å². The minimum Gasteiger partial charge on any atom is -0.482 e. The summed E-state index contributed by atoms with van der Waals surface area (Å²) in [5, 5.41) is 2.67. The number of hydrogen-bond donors (Lipinski definition) is 1. The number of amides is 1. The van der Waals surface area contributed by atoms with Gasteiger partial charge in [0.2, 0.25) is 0 Å². The number of carbonyl (C=O) groups excluding carboxylic acids is 2. The Morgan fingerprint density at radius 3 is 2.80 bits per heavy atom. The van der Waals surface area contributed by atoms with Gasteiger partial charge in [0, 0.05) is 13.0 Å². The summed E-state index contributed by atoms with van der Waals surface area (Å²) < 4.78 is 22.4. The van der Waals surface area contributed by atoms with E-state index < -0.39 is 5.82 Å². The van der Waals surface area contributed by atoms with Crippen LogP contribution in [0.15, 0.2) is 18.2 Å². The van der Waals surface area contributed by atoms with E-state index in [1.165, 1.54) is 19.2 Å². The molecule has 0 aliphatic heterocycles. The van der Waals surface area contributed by atoms with Crippen LogP contribution in [0.3, 0.4) is 0 Å². The first-order chi connectivity index (χ1) is 9.52. The fraction of sp³-hybridized carbons (Fsp3) is 0.385. The number of nitrogens with one attached hydrogen (secondary N) is 1. The summed E-state index contributed by atoms with van der Waals surface area (Å²) in [6.07, 6.45) is 0.719. The molecule has 0 saturated heterocycles. The van der Waals surface area contributed by atoms with Crippen LogP contribution in [0, 0.1) is 5.82 Å². The number of methoxy groups -OCH3 is 1. The Kier molecular flexibility index (Phi) is 6.79. The van der Waals surface area contributed by atoms with Crippen LogP contribution in [0.25, 0.3) is 0 Å². The molecule has 0 radical (unpaired) electrons. The number of halogens is 2. The molecule has 5 nitrogen and oxygen atoms in total. The second-order valence-electron chi connectivity index (χ2n) is 3.89. The third-order valence-corrected chi connectivity index (χ3v) is 2.66. The third-order valence-electron chi connectivity index (χ3n) is 2.36. The zero-order valence-electron chi connectivity index (χ0n) is 10.9. The van der Waals surface area contributed by atoms with Crippen LogP contribution < -0.4 is 10.1 Å². The van der Waals surface area contributed by atoms with Gasteiger partial charge in [-0.3, -0.25) is 9.59 Å². The number of hydrogen-bond acceptors (Lipinski definition) is 4. The van der Waals surface area contributed by atoms with Crippen molar-refractivity contribution >= 4 is 23.5 Å². The molecule has 0 fully saturated rings. The van der Waals surface area contributed by atoms with E-state index in [2.05, 4.69) is 10.1 Å². The Hall–Kier alpha value is -1.82. The average Bonchev–Trinajstić information content (AvgIpc) is 2.42. The van der Waals surface area contributed by atoms with Crippen molar-refractivity contribution < 1.29 is 23.5 Å². The summed E-state index contributed by atoms with van der Waals surface area (Å²) in [6, 6.07) is 3.64. The van der Waals surface area contributed by atoms with E-state index in [1.807, 2.05) is 0 Å². The molecule has 0 atom stereocenters. The van der Waals surface area contributed by atoms with Crippen LogP contribution in [0.2, 0.25) is 5.02 Å². The third kappa shape index (κ3) is 5.88. The summed E-state index contributed by atoms with van der Waals surface area (Å²) in [4.78, 5) is 22.3. The van der Waals surface area contributed by atoms with Crippen molar-refractivity contribution in [3.63, 3.8) is 0 Å². The van der Waals surface area contributed by atoms with E-state index >= 15 is 0 Å². The van der Waals surface area contributed by atoms with Crippen LogP contribution in [-0.4, -0.2) is 32.1 Å². The van der Waals surface area contributed by atoms with Crippen molar-refractivity contribution in [1.82, 2.24) is 5.32 Å². The molecule has 7 heteroatoms. The minimum absolute atomic E-state index is 0.100. The van der Waals surface area contributed by atoms with Crippen molar-refractivity contribution in [2.24, 2.45) is 0 Å². The van der Waals surface area contributed by atoms with E-state index in [4.69, 9.17) is 16.3 Å². The summed E-state index contributed by atoms with van der Waals surface area (Å²) >= 11 is 5.74. The van der Waals surface area contributed by atoms with Gasteiger partial charge in [-0.15, -0.1) is 0 Å². The van der Waals surface area contributed by atoms with Crippen LogP contribution in [0.1, 0.15) is 12.8 Å². The molecular formula is C13H15ClFNO4. The summed E-state index contributed by atoms with van der Waals surface area (Å²) in [5.41, 5.74) is 0. The highest BCUT2D eigenvalue weighted by Crippen LogP contribution is 2.24. The highest BCUT2D eigenvalue weighted by atomic mass is 35.5. The molecule has 1 rings (SSSR count). The van der Waals surface area contributed by atoms with Gasteiger partial charge < -0.3 is 14.8 Å². The Morgan fingerprint density at radius 2 is 2.15 bits per heavy atom. The normalized spacial score (nSPS) is 9.95. The Labute approximate surface area is 121 Å². The van der Waals surface area contributed by atoms with Gasteiger partial charge >= 0.3 is 5.97 Å². The molecular weight excluding hydrogens is 289 g/mol. The quantitative estimate of drug-likeness (QED) is 0.617. The lowest BCUT2D eigenvalue weighted by molar-refractivity contribution is -0.140. The molecule has 1 N–H and O–H groups in total. The maximum Gasteiger partial charge on any atom is 0.305 e. The first-order valence-electron chi connectivity index (χ1n) is 5.94. The predicted molar refractivity (Wildman–Crippen MR) is 71.2 cm³/mol. The number of benzene rings is 1. The second kappa shape index (κ2) is 8.37. The van der Waals surface area contributed by atoms with Gasteiger partial charge in [-0.05, 0) is 24.6 Å². The van der Waals surface area contributed by atoms with Gasteiger partial charge in [0.15, 0.2) is 6.61 Å². The van der Waals surface area contributed by atoms with Gasteiger partial charge in [-0.2, -0.15) is 0 Å². The first kappa shape index (κ1) is 16.2. The lowest BCUT2D eigenvalue weighted by Crippen LogP contribution is -2.30. The molecule has 0 heterocycles. The highest BCUT2D eigenvalue weighted by molar-refractivity contribution is 6.32. The zero-order chi connectivity index (χ0) is 15.0. The monoisotopic (exact) mass is 303 g/mol. The molecule has 0 aliphatic rings. The minimum atomic E-state index is -0.477. The molecule has 0 saturated carbocycles. The van der Waals surface area contributed by atoms with Crippen molar-refractivity contribution in [1.29, 1.82) is 0 Å². The van der Waals surface area contributed by atoms with Gasteiger partial charge in [0.25, 0.3) is 5.91 Å². The van der Waals surface area contributed by atoms with E-state index in [-0.39, 0.29) is 35.7 Å². The van der Waals surface area contributed by atoms with Crippen molar-refractivity contribution in [2.75, 3.05) is 20.3 Å². The predicted octanol–water partition coefficient (Wildman–Crippen LogP) is 1.93. The van der Waals surface area contributed by atoms with E-state index in [1.54, 1.807) is 0 Å². The van der Waals surface area contributed by atoms with E-state index in [9.17, 15) is 14.0 Å². The maximum atomic E-state index is 12.8. The molecule has 20 heavy (non-hydrogen) atoms. The van der Waals surface area contributed by atoms with E-state index in [0.717, 1.165) is 6.07 Å². The van der Waals surface area contributed by atoms with Gasteiger partial charge in [-0.1, -0.05) is 11.6 Å². The topological polar surface area (TPSA) is 64.6 Å². The molecule has 0 unspecified atom stereocenters. The van der Waals surface area contributed by atoms with Crippen LogP contribution in [-0.2, 0) is 14.3 Å². The number of carbonyl (C=O) groups is 2. The van der Waals surface area contributed by atoms with Gasteiger partial charge in [0.05, 0.1) is 12.1 Å². The lowest BCUT2D eigenvalue weighted by Gasteiger charge is -2.08. The molecule has 0 spiro atoms. The SMILES string of the molecule is COC(=O)CCCNC(=O)COc1ccc(F)cc1Cl. The van der Waals surface area contributed by atoms with Crippen LogP contribution >= 0.6 is 11.6 Å². The number of ether oxygens (including phenoxy) is 2.